The van der Waals surface area contributed by atoms with Crippen molar-refractivity contribution in [3.05, 3.63) is 0 Å². The highest BCUT2D eigenvalue weighted by Gasteiger charge is 2.35. The predicted molar refractivity (Wildman–Crippen MR) is 80.2 cm³/mol. The molecule has 116 valence electrons. The van der Waals surface area contributed by atoms with Crippen LogP contribution >= 0.6 is 0 Å². The van der Waals surface area contributed by atoms with Crippen LogP contribution in [0.4, 0.5) is 0 Å². The van der Waals surface area contributed by atoms with E-state index in [0.717, 1.165) is 52.0 Å². The van der Waals surface area contributed by atoms with Gasteiger partial charge in [0.1, 0.15) is 0 Å². The van der Waals surface area contributed by atoms with Crippen LogP contribution in [0.25, 0.3) is 0 Å². The largest absolute Gasteiger partial charge is 0.317 e. The summed E-state index contributed by atoms with van der Waals surface area (Å²) < 4.78 is 26.8. The number of piperazine rings is 1. The fraction of sp³-hybridized carbons (Fsp3) is 1.00. The Bertz CT molecular complexity index is 420. The number of rotatable bonds is 4. The average Bonchev–Trinajstić information content (AvgIpc) is 2.94. The Morgan fingerprint density at radius 2 is 1.85 bits per heavy atom. The summed E-state index contributed by atoms with van der Waals surface area (Å²) in [6.07, 6.45) is 5.50. The first kappa shape index (κ1) is 14.8. The first-order valence-electron chi connectivity index (χ1n) is 8.08. The molecule has 3 rings (SSSR count). The van der Waals surface area contributed by atoms with Crippen molar-refractivity contribution in [3.8, 4) is 0 Å². The van der Waals surface area contributed by atoms with Gasteiger partial charge < -0.3 is 5.32 Å². The van der Waals surface area contributed by atoms with Gasteiger partial charge in [-0.1, -0.05) is 0 Å². The highest BCUT2D eigenvalue weighted by atomic mass is 32.2. The van der Waals surface area contributed by atoms with Gasteiger partial charge in [-0.25, -0.2) is 8.42 Å². The summed E-state index contributed by atoms with van der Waals surface area (Å²) in [5.41, 5.74) is 0. The quantitative estimate of drug-likeness (QED) is 0.821. The van der Waals surface area contributed by atoms with Crippen molar-refractivity contribution < 1.29 is 8.42 Å². The predicted octanol–water partition coefficient (Wildman–Crippen LogP) is 0.486. The topological polar surface area (TPSA) is 52.7 Å². The molecule has 0 aromatic carbocycles. The van der Waals surface area contributed by atoms with Crippen LogP contribution in [-0.4, -0.2) is 68.7 Å². The van der Waals surface area contributed by atoms with Crippen molar-refractivity contribution in [2.24, 2.45) is 5.92 Å². The lowest BCUT2D eigenvalue weighted by molar-refractivity contribution is 0.158. The summed E-state index contributed by atoms with van der Waals surface area (Å²) in [4.78, 5) is 2.46. The van der Waals surface area contributed by atoms with E-state index in [9.17, 15) is 8.42 Å². The summed E-state index contributed by atoms with van der Waals surface area (Å²) in [5.74, 6) is 0.948. The number of sulfonamides is 1. The third kappa shape index (κ3) is 3.35. The maximum Gasteiger partial charge on any atom is 0.214 e. The van der Waals surface area contributed by atoms with Gasteiger partial charge in [0.05, 0.1) is 5.75 Å². The smallest absolute Gasteiger partial charge is 0.214 e. The Balaban J connectivity index is 1.52. The first-order valence-corrected chi connectivity index (χ1v) is 9.69. The van der Waals surface area contributed by atoms with Gasteiger partial charge in [-0.2, -0.15) is 4.31 Å². The molecule has 0 aliphatic carbocycles. The molecule has 6 heteroatoms. The Morgan fingerprint density at radius 1 is 1.05 bits per heavy atom. The van der Waals surface area contributed by atoms with Crippen molar-refractivity contribution >= 4 is 10.0 Å². The van der Waals surface area contributed by atoms with Crippen LogP contribution in [0.2, 0.25) is 0 Å². The van der Waals surface area contributed by atoms with Crippen LogP contribution in [0, 0.1) is 5.92 Å². The van der Waals surface area contributed by atoms with Crippen LogP contribution in [0.5, 0.6) is 0 Å². The monoisotopic (exact) mass is 301 g/mol. The van der Waals surface area contributed by atoms with Crippen LogP contribution in [0.3, 0.4) is 0 Å². The molecular weight excluding hydrogens is 274 g/mol. The molecule has 1 unspecified atom stereocenters. The molecule has 3 aliphatic rings. The molecule has 0 radical (unpaired) electrons. The van der Waals surface area contributed by atoms with E-state index in [2.05, 4.69) is 10.2 Å². The van der Waals surface area contributed by atoms with E-state index in [1.807, 2.05) is 0 Å². The Labute approximate surface area is 122 Å². The molecule has 3 heterocycles. The van der Waals surface area contributed by atoms with E-state index in [4.69, 9.17) is 0 Å². The molecular formula is C14H27N3O2S. The van der Waals surface area contributed by atoms with Gasteiger partial charge in [-0.05, 0) is 57.7 Å². The zero-order valence-corrected chi connectivity index (χ0v) is 13.1. The van der Waals surface area contributed by atoms with Gasteiger partial charge in [-0.3, -0.25) is 4.90 Å². The van der Waals surface area contributed by atoms with Crippen molar-refractivity contribution in [1.29, 1.82) is 0 Å². The molecule has 3 saturated heterocycles. The maximum absolute atomic E-state index is 12.5. The minimum Gasteiger partial charge on any atom is -0.317 e. The highest BCUT2D eigenvalue weighted by Crippen LogP contribution is 2.24. The van der Waals surface area contributed by atoms with Gasteiger partial charge in [-0.15, -0.1) is 0 Å². The molecule has 1 atom stereocenters. The normalized spacial score (nSPS) is 30.5. The molecule has 3 aliphatic heterocycles. The summed E-state index contributed by atoms with van der Waals surface area (Å²) in [6, 6.07) is 0.484. The molecule has 5 nitrogen and oxygen atoms in total. The van der Waals surface area contributed by atoms with Gasteiger partial charge in [0.25, 0.3) is 0 Å². The molecule has 0 amide bonds. The summed E-state index contributed by atoms with van der Waals surface area (Å²) >= 11 is 0. The minimum atomic E-state index is -3.04. The number of piperidine rings is 1. The van der Waals surface area contributed by atoms with Crippen molar-refractivity contribution in [1.82, 2.24) is 14.5 Å². The van der Waals surface area contributed by atoms with Crippen LogP contribution in [-0.2, 0) is 10.0 Å². The third-order valence-electron chi connectivity index (χ3n) is 5.19. The second-order valence-corrected chi connectivity index (χ2v) is 8.58. The summed E-state index contributed by atoms with van der Waals surface area (Å²) in [7, 11) is -3.04. The zero-order chi connectivity index (χ0) is 14.0. The Kier molecular flexibility index (Phi) is 4.65. The molecule has 0 saturated carbocycles. The fourth-order valence-electron chi connectivity index (χ4n) is 3.83. The number of fused-ring (bicyclic) bond motifs is 1. The van der Waals surface area contributed by atoms with E-state index < -0.39 is 10.0 Å². The van der Waals surface area contributed by atoms with E-state index in [0.29, 0.717) is 24.3 Å². The lowest BCUT2D eigenvalue weighted by Gasteiger charge is -2.37. The fourth-order valence-corrected chi connectivity index (χ4v) is 5.48. The third-order valence-corrected chi connectivity index (χ3v) is 7.06. The lowest BCUT2D eigenvalue weighted by Crippen LogP contribution is -2.52. The van der Waals surface area contributed by atoms with Crippen LogP contribution < -0.4 is 5.32 Å². The van der Waals surface area contributed by atoms with Gasteiger partial charge in [0, 0.05) is 25.7 Å². The number of hydrogen-bond acceptors (Lipinski definition) is 4. The standard InChI is InChI=1S/C14H27N3O2S/c18-20(19,11-5-13-3-6-15-7-4-13)17-10-9-16-8-1-2-14(16)12-17/h13-15H,1-12H2. The SMILES string of the molecule is O=S(=O)(CCC1CCNCC1)N1CCN2CCCC2C1. The van der Waals surface area contributed by atoms with Crippen molar-refractivity contribution in [3.63, 3.8) is 0 Å². The van der Waals surface area contributed by atoms with E-state index >= 15 is 0 Å². The molecule has 20 heavy (non-hydrogen) atoms. The molecule has 1 N–H and O–H groups in total. The minimum absolute atomic E-state index is 0.352. The lowest BCUT2D eigenvalue weighted by atomic mass is 9.96. The van der Waals surface area contributed by atoms with Gasteiger partial charge in [0.15, 0.2) is 0 Å². The molecule has 3 fully saturated rings. The molecule has 0 aromatic rings. The maximum atomic E-state index is 12.5. The number of nitrogens with zero attached hydrogens (tertiary/aromatic N) is 2. The van der Waals surface area contributed by atoms with Gasteiger partial charge >= 0.3 is 0 Å². The van der Waals surface area contributed by atoms with E-state index in [1.54, 1.807) is 4.31 Å². The molecule has 0 spiro atoms. The molecule has 0 aromatic heterocycles. The average molecular weight is 301 g/mol. The number of nitrogens with one attached hydrogen (secondary N) is 1. The first-order chi connectivity index (χ1) is 9.65. The summed E-state index contributed by atoms with van der Waals surface area (Å²) in [6.45, 7) is 5.61. The van der Waals surface area contributed by atoms with E-state index in [-0.39, 0.29) is 0 Å². The number of hydrogen-bond donors (Lipinski definition) is 1. The summed E-state index contributed by atoms with van der Waals surface area (Å²) in [5, 5.41) is 3.34. The highest BCUT2D eigenvalue weighted by molar-refractivity contribution is 7.89. The Morgan fingerprint density at radius 3 is 2.65 bits per heavy atom. The van der Waals surface area contributed by atoms with E-state index in [1.165, 1.54) is 12.8 Å². The second kappa shape index (κ2) is 6.30. The van der Waals surface area contributed by atoms with Crippen molar-refractivity contribution in [2.75, 3.05) is 45.0 Å². The van der Waals surface area contributed by atoms with Crippen LogP contribution in [0.1, 0.15) is 32.1 Å². The van der Waals surface area contributed by atoms with Gasteiger partial charge in [0.2, 0.25) is 10.0 Å². The molecule has 0 bridgehead atoms. The zero-order valence-electron chi connectivity index (χ0n) is 12.3. The van der Waals surface area contributed by atoms with Crippen molar-refractivity contribution in [2.45, 2.75) is 38.1 Å². The van der Waals surface area contributed by atoms with Crippen LogP contribution in [0.15, 0.2) is 0 Å². The second-order valence-electron chi connectivity index (χ2n) is 6.49. The Hall–Kier alpha value is -0.170.